The molecule has 1 fully saturated rings. The molecule has 0 aromatic carbocycles. The van der Waals surface area contributed by atoms with E-state index in [1.807, 2.05) is 11.6 Å². The maximum absolute atomic E-state index is 4.23. The van der Waals surface area contributed by atoms with Crippen LogP contribution in [0.3, 0.4) is 0 Å². The van der Waals surface area contributed by atoms with Crippen molar-refractivity contribution in [1.29, 1.82) is 0 Å². The summed E-state index contributed by atoms with van der Waals surface area (Å²) in [5.41, 5.74) is 0. The zero-order valence-corrected chi connectivity index (χ0v) is 8.83. The van der Waals surface area contributed by atoms with Crippen LogP contribution in [0.25, 0.3) is 0 Å². The van der Waals surface area contributed by atoms with Gasteiger partial charge in [-0.15, -0.1) is 11.3 Å². The molecule has 1 aromatic heterocycles. The zero-order valence-electron chi connectivity index (χ0n) is 8.02. The highest BCUT2D eigenvalue weighted by molar-refractivity contribution is 7.13. The molecule has 2 aliphatic rings. The molecule has 3 heteroatoms. The molecule has 1 aromatic rings. The predicted octanol–water partition coefficient (Wildman–Crippen LogP) is 2.77. The van der Waals surface area contributed by atoms with E-state index in [0.29, 0.717) is 0 Å². The van der Waals surface area contributed by atoms with E-state index in [1.165, 1.54) is 12.8 Å². The molecule has 2 bridgehead atoms. The van der Waals surface area contributed by atoms with Gasteiger partial charge in [-0.25, -0.2) is 4.98 Å². The largest absolute Gasteiger partial charge is 0.361 e. The highest BCUT2D eigenvalue weighted by Gasteiger charge is 2.35. The first-order chi connectivity index (χ1) is 6.92. The van der Waals surface area contributed by atoms with Crippen molar-refractivity contribution >= 4 is 16.5 Å². The summed E-state index contributed by atoms with van der Waals surface area (Å²) in [6.07, 6.45) is 9.42. The number of allylic oxidation sites excluding steroid dienone is 2. The number of aromatic nitrogens is 1. The number of rotatable bonds is 3. The molecule has 1 saturated carbocycles. The van der Waals surface area contributed by atoms with E-state index in [0.717, 1.165) is 29.4 Å². The monoisotopic (exact) mass is 206 g/mol. The van der Waals surface area contributed by atoms with Crippen molar-refractivity contribution in [3.8, 4) is 0 Å². The quantitative estimate of drug-likeness (QED) is 0.769. The van der Waals surface area contributed by atoms with Crippen LogP contribution in [0.5, 0.6) is 0 Å². The third-order valence-electron chi connectivity index (χ3n) is 3.36. The highest BCUT2D eigenvalue weighted by Crippen LogP contribution is 2.43. The summed E-state index contributed by atoms with van der Waals surface area (Å²) in [5, 5.41) is 6.51. The first kappa shape index (κ1) is 8.48. The minimum atomic E-state index is 0.840. The minimum Gasteiger partial charge on any atom is -0.361 e. The molecular weight excluding hydrogens is 192 g/mol. The van der Waals surface area contributed by atoms with Gasteiger partial charge in [-0.05, 0) is 30.6 Å². The molecule has 3 atom stereocenters. The molecule has 0 aliphatic heterocycles. The summed E-state index contributed by atoms with van der Waals surface area (Å²) >= 11 is 1.69. The van der Waals surface area contributed by atoms with E-state index in [9.17, 15) is 0 Å². The minimum absolute atomic E-state index is 0.840. The van der Waals surface area contributed by atoms with E-state index in [-0.39, 0.29) is 0 Å². The van der Waals surface area contributed by atoms with Gasteiger partial charge >= 0.3 is 0 Å². The van der Waals surface area contributed by atoms with Gasteiger partial charge in [-0.3, -0.25) is 0 Å². The number of nitrogens with one attached hydrogen (secondary N) is 1. The number of thiazole rings is 1. The van der Waals surface area contributed by atoms with Gasteiger partial charge in [0.25, 0.3) is 0 Å². The van der Waals surface area contributed by atoms with Crippen LogP contribution in [0.2, 0.25) is 0 Å². The lowest BCUT2D eigenvalue weighted by Crippen LogP contribution is -2.18. The SMILES string of the molecule is C1=CC2CC1CC2CNc1nccs1. The number of hydrogen-bond acceptors (Lipinski definition) is 3. The lowest BCUT2D eigenvalue weighted by Gasteiger charge is -2.17. The van der Waals surface area contributed by atoms with Gasteiger partial charge in [0.15, 0.2) is 5.13 Å². The van der Waals surface area contributed by atoms with Gasteiger partial charge in [-0.1, -0.05) is 12.2 Å². The summed E-state index contributed by atoms with van der Waals surface area (Å²) in [6, 6.07) is 0. The van der Waals surface area contributed by atoms with E-state index in [2.05, 4.69) is 22.5 Å². The standard InChI is InChI=1S/C11H14N2S/c1-2-9-5-8(1)6-10(9)7-13-11-12-3-4-14-11/h1-4,8-10H,5-7H2,(H,12,13). The van der Waals surface area contributed by atoms with Gasteiger partial charge in [0.2, 0.25) is 0 Å². The Hall–Kier alpha value is -0.830. The van der Waals surface area contributed by atoms with Crippen molar-refractivity contribution in [3.63, 3.8) is 0 Å². The Bertz CT molecular complexity index is 331. The molecule has 1 N–H and O–H groups in total. The fourth-order valence-electron chi connectivity index (χ4n) is 2.66. The van der Waals surface area contributed by atoms with Crippen molar-refractivity contribution in [2.45, 2.75) is 12.8 Å². The van der Waals surface area contributed by atoms with Crippen molar-refractivity contribution < 1.29 is 0 Å². The molecule has 3 unspecified atom stereocenters. The molecule has 2 nitrogen and oxygen atoms in total. The van der Waals surface area contributed by atoms with Crippen molar-refractivity contribution in [2.75, 3.05) is 11.9 Å². The van der Waals surface area contributed by atoms with Crippen molar-refractivity contribution in [2.24, 2.45) is 17.8 Å². The summed E-state index contributed by atoms with van der Waals surface area (Å²) in [5.74, 6) is 2.56. The van der Waals surface area contributed by atoms with Crippen LogP contribution in [0.1, 0.15) is 12.8 Å². The number of anilines is 1. The van der Waals surface area contributed by atoms with Gasteiger partial charge < -0.3 is 5.32 Å². The van der Waals surface area contributed by atoms with E-state index in [4.69, 9.17) is 0 Å². The van der Waals surface area contributed by atoms with Crippen LogP contribution in [0.15, 0.2) is 23.7 Å². The molecule has 0 amide bonds. The molecule has 2 aliphatic carbocycles. The molecule has 0 radical (unpaired) electrons. The van der Waals surface area contributed by atoms with Crippen LogP contribution in [0.4, 0.5) is 5.13 Å². The normalized spacial score (nSPS) is 33.9. The smallest absolute Gasteiger partial charge is 0.182 e. The third-order valence-corrected chi connectivity index (χ3v) is 4.09. The first-order valence-electron chi connectivity index (χ1n) is 5.23. The lowest BCUT2D eigenvalue weighted by molar-refractivity contribution is 0.472. The van der Waals surface area contributed by atoms with Crippen LogP contribution >= 0.6 is 11.3 Å². The second-order valence-electron chi connectivity index (χ2n) is 4.26. The van der Waals surface area contributed by atoms with Crippen LogP contribution < -0.4 is 5.32 Å². The van der Waals surface area contributed by atoms with Crippen LogP contribution in [-0.4, -0.2) is 11.5 Å². The number of nitrogens with zero attached hydrogens (tertiary/aromatic N) is 1. The highest BCUT2D eigenvalue weighted by atomic mass is 32.1. The van der Waals surface area contributed by atoms with Gasteiger partial charge in [-0.2, -0.15) is 0 Å². The Morgan fingerprint density at radius 3 is 3.07 bits per heavy atom. The molecule has 3 rings (SSSR count). The van der Waals surface area contributed by atoms with E-state index in [1.54, 1.807) is 11.3 Å². The first-order valence-corrected chi connectivity index (χ1v) is 6.11. The summed E-state index contributed by atoms with van der Waals surface area (Å²) in [7, 11) is 0. The Kier molecular flexibility index (Phi) is 2.05. The maximum atomic E-state index is 4.23. The lowest BCUT2D eigenvalue weighted by atomic mass is 9.94. The van der Waals surface area contributed by atoms with E-state index < -0.39 is 0 Å². The fourth-order valence-corrected chi connectivity index (χ4v) is 3.20. The molecular formula is C11H14N2S. The van der Waals surface area contributed by atoms with Gasteiger partial charge in [0.05, 0.1) is 0 Å². The van der Waals surface area contributed by atoms with Crippen molar-refractivity contribution in [1.82, 2.24) is 4.98 Å². The number of fused-ring (bicyclic) bond motifs is 2. The molecule has 1 heterocycles. The van der Waals surface area contributed by atoms with E-state index >= 15 is 0 Å². The predicted molar refractivity (Wildman–Crippen MR) is 59.4 cm³/mol. The average molecular weight is 206 g/mol. The van der Waals surface area contributed by atoms with Crippen LogP contribution in [0, 0.1) is 17.8 Å². The Balaban J connectivity index is 1.57. The maximum Gasteiger partial charge on any atom is 0.182 e. The zero-order chi connectivity index (χ0) is 9.38. The Labute approximate surface area is 88.1 Å². The van der Waals surface area contributed by atoms with Gasteiger partial charge in [0, 0.05) is 18.1 Å². The van der Waals surface area contributed by atoms with Crippen molar-refractivity contribution in [3.05, 3.63) is 23.7 Å². The Morgan fingerprint density at radius 1 is 1.43 bits per heavy atom. The Morgan fingerprint density at radius 2 is 2.43 bits per heavy atom. The second-order valence-corrected chi connectivity index (χ2v) is 5.15. The molecule has 0 spiro atoms. The summed E-state index contributed by atoms with van der Waals surface area (Å²) in [6.45, 7) is 1.10. The fraction of sp³-hybridized carbons (Fsp3) is 0.545. The summed E-state index contributed by atoms with van der Waals surface area (Å²) in [4.78, 5) is 4.23. The third kappa shape index (κ3) is 1.46. The average Bonchev–Trinajstić information content (AvgIpc) is 2.91. The summed E-state index contributed by atoms with van der Waals surface area (Å²) < 4.78 is 0. The topological polar surface area (TPSA) is 24.9 Å². The molecule has 0 saturated heterocycles. The van der Waals surface area contributed by atoms with Crippen LogP contribution in [-0.2, 0) is 0 Å². The van der Waals surface area contributed by atoms with Gasteiger partial charge in [0.1, 0.15) is 0 Å². The molecule has 74 valence electrons. The number of hydrogen-bond donors (Lipinski definition) is 1. The molecule has 14 heavy (non-hydrogen) atoms. The second kappa shape index (κ2) is 3.39.